The molecule has 2 atom stereocenters. The van der Waals surface area contributed by atoms with Gasteiger partial charge in [-0.2, -0.15) is 23.3 Å². The molecule has 3 heterocycles. The lowest BCUT2D eigenvalue weighted by Crippen LogP contribution is -2.43. The van der Waals surface area contributed by atoms with E-state index in [9.17, 15) is 27.1 Å². The highest BCUT2D eigenvalue weighted by molar-refractivity contribution is 5.91. The molecule has 1 fully saturated rings. The lowest BCUT2D eigenvalue weighted by molar-refractivity contribution is -0.140. The van der Waals surface area contributed by atoms with E-state index < -0.39 is 34.7 Å². The van der Waals surface area contributed by atoms with E-state index in [2.05, 4.69) is 15.1 Å². The number of aryl methyl sites for hydroxylation is 1. The van der Waals surface area contributed by atoms with E-state index in [1.165, 1.54) is 17.9 Å². The van der Waals surface area contributed by atoms with Gasteiger partial charge in [-0.25, -0.2) is 18.4 Å². The molecule has 37 heavy (non-hydrogen) atoms. The van der Waals surface area contributed by atoms with E-state index >= 15 is 0 Å². The van der Waals surface area contributed by atoms with Crippen LogP contribution in [-0.4, -0.2) is 51.2 Å². The molecule has 5 rings (SSSR count). The second-order valence-electron chi connectivity index (χ2n) is 8.88. The van der Waals surface area contributed by atoms with Crippen molar-refractivity contribution >= 4 is 17.0 Å². The van der Waals surface area contributed by atoms with Crippen LogP contribution < -0.4 is 4.90 Å². The minimum absolute atomic E-state index is 0.00197. The predicted molar refractivity (Wildman–Crippen MR) is 125 cm³/mol. The fraction of sp³-hybridized carbons (Fsp3) is 0.320. The fourth-order valence-corrected chi connectivity index (χ4v) is 4.76. The number of fused-ring (bicyclic) bond motifs is 1. The molecule has 2 aromatic carbocycles. The Morgan fingerprint density at radius 2 is 1.86 bits per heavy atom. The summed E-state index contributed by atoms with van der Waals surface area (Å²) in [6, 6.07) is 10.2. The van der Waals surface area contributed by atoms with Gasteiger partial charge in [-0.1, -0.05) is 30.3 Å². The van der Waals surface area contributed by atoms with Gasteiger partial charge in [0.25, 0.3) is 0 Å². The van der Waals surface area contributed by atoms with Crippen LogP contribution in [0.3, 0.4) is 0 Å². The molecule has 194 valence electrons. The fourth-order valence-electron chi connectivity index (χ4n) is 4.76. The molecule has 0 aliphatic carbocycles. The summed E-state index contributed by atoms with van der Waals surface area (Å²) in [6.45, 7) is 1.08. The summed E-state index contributed by atoms with van der Waals surface area (Å²) < 4.78 is 75.6. The standard InChI is InChI=1S/C25H22F5N5O2/c1-34(18-8-9-37-12-16(18)13-6-4-3-5-7-13)24-31-11-15-21(33-35(2)23(15)32-24)14-10-17(25(28,29)30)20(27)22(36)19(14)26/h3-7,10-11,16,18,36H,8-9,12H2,1-2H3/t16-,18+/m0/s1. The van der Waals surface area contributed by atoms with Gasteiger partial charge in [0.05, 0.1) is 17.6 Å². The largest absolute Gasteiger partial charge is 0.503 e. The Bertz CT molecular complexity index is 1460. The Morgan fingerprint density at radius 3 is 2.57 bits per heavy atom. The number of hydrogen-bond acceptors (Lipinski definition) is 6. The van der Waals surface area contributed by atoms with Crippen LogP contribution in [0.2, 0.25) is 0 Å². The van der Waals surface area contributed by atoms with Crippen molar-refractivity contribution in [2.24, 2.45) is 7.05 Å². The number of ether oxygens (including phenoxy) is 1. The average molecular weight is 519 g/mol. The number of aromatic hydroxyl groups is 1. The molecule has 2 aromatic heterocycles. The van der Waals surface area contributed by atoms with Crippen molar-refractivity contribution in [2.75, 3.05) is 25.2 Å². The average Bonchev–Trinajstić information content (AvgIpc) is 3.22. The zero-order valence-electron chi connectivity index (χ0n) is 19.8. The minimum atomic E-state index is -5.15. The van der Waals surface area contributed by atoms with Crippen LogP contribution in [0.1, 0.15) is 23.5 Å². The monoisotopic (exact) mass is 519 g/mol. The number of hydrogen-bond donors (Lipinski definition) is 1. The van der Waals surface area contributed by atoms with E-state index in [-0.39, 0.29) is 28.7 Å². The Kier molecular flexibility index (Phi) is 6.22. The lowest BCUT2D eigenvalue weighted by Gasteiger charge is -2.38. The molecule has 12 heteroatoms. The van der Waals surface area contributed by atoms with Crippen LogP contribution in [0.25, 0.3) is 22.3 Å². The van der Waals surface area contributed by atoms with E-state index in [4.69, 9.17) is 4.74 Å². The highest BCUT2D eigenvalue weighted by Crippen LogP contribution is 2.41. The number of phenols is 1. The molecular formula is C25H22F5N5O2. The first kappa shape index (κ1) is 24.9. The molecular weight excluding hydrogens is 497 g/mol. The number of rotatable bonds is 4. The zero-order valence-corrected chi connectivity index (χ0v) is 19.8. The van der Waals surface area contributed by atoms with Gasteiger partial charge in [0.2, 0.25) is 5.95 Å². The molecule has 0 spiro atoms. The number of alkyl halides is 3. The summed E-state index contributed by atoms with van der Waals surface area (Å²) in [5.74, 6) is -4.97. The van der Waals surface area contributed by atoms with Crippen LogP contribution in [0, 0.1) is 11.6 Å². The molecule has 0 radical (unpaired) electrons. The normalized spacial score (nSPS) is 18.4. The Morgan fingerprint density at radius 1 is 1.14 bits per heavy atom. The predicted octanol–water partition coefficient (Wildman–Crippen LogP) is 5.04. The van der Waals surface area contributed by atoms with Gasteiger partial charge >= 0.3 is 6.18 Å². The van der Waals surface area contributed by atoms with Gasteiger partial charge in [0.15, 0.2) is 23.0 Å². The zero-order chi connectivity index (χ0) is 26.5. The molecule has 1 aliphatic heterocycles. The van der Waals surface area contributed by atoms with Gasteiger partial charge in [-0.05, 0) is 18.1 Å². The maximum Gasteiger partial charge on any atom is 0.419 e. The van der Waals surface area contributed by atoms with Crippen molar-refractivity contribution in [3.8, 4) is 17.0 Å². The van der Waals surface area contributed by atoms with Gasteiger partial charge in [-0.3, -0.25) is 0 Å². The summed E-state index contributed by atoms with van der Waals surface area (Å²) in [5.41, 5.74) is -1.43. The number of anilines is 1. The molecule has 0 saturated carbocycles. The maximum atomic E-state index is 14.7. The first-order valence-electron chi connectivity index (χ1n) is 11.4. The number of aromatic nitrogens is 4. The van der Waals surface area contributed by atoms with Crippen molar-refractivity contribution < 1.29 is 31.8 Å². The van der Waals surface area contributed by atoms with Crippen molar-refractivity contribution in [2.45, 2.75) is 24.6 Å². The number of phenolic OH excluding ortho intramolecular Hbond substituents is 1. The Labute approximate surface area is 208 Å². The van der Waals surface area contributed by atoms with Crippen molar-refractivity contribution in [3.63, 3.8) is 0 Å². The SMILES string of the molecule is CN(c1ncc2c(-c3cc(C(F)(F)F)c(F)c(O)c3F)nn(C)c2n1)[C@@H]1CCOC[C@H]1c1ccccc1. The summed E-state index contributed by atoms with van der Waals surface area (Å²) in [5, 5.41) is 14.0. The van der Waals surface area contributed by atoms with Crippen LogP contribution in [0.4, 0.5) is 27.9 Å². The minimum Gasteiger partial charge on any atom is -0.503 e. The summed E-state index contributed by atoms with van der Waals surface area (Å²) in [6.07, 6.45) is -3.10. The van der Waals surface area contributed by atoms with Crippen LogP contribution in [-0.2, 0) is 18.0 Å². The topological polar surface area (TPSA) is 76.3 Å². The molecule has 7 nitrogen and oxygen atoms in total. The van der Waals surface area contributed by atoms with E-state index in [1.807, 2.05) is 42.3 Å². The second-order valence-corrected chi connectivity index (χ2v) is 8.88. The van der Waals surface area contributed by atoms with E-state index in [1.54, 1.807) is 0 Å². The summed E-state index contributed by atoms with van der Waals surface area (Å²) in [7, 11) is 3.34. The highest BCUT2D eigenvalue weighted by atomic mass is 19.4. The van der Waals surface area contributed by atoms with Crippen molar-refractivity contribution in [1.82, 2.24) is 19.7 Å². The van der Waals surface area contributed by atoms with E-state index in [0.717, 1.165) is 5.56 Å². The smallest absolute Gasteiger partial charge is 0.419 e. The number of likely N-dealkylation sites (N-methyl/N-ethyl adjacent to an activating group) is 1. The van der Waals surface area contributed by atoms with Crippen molar-refractivity contribution in [1.29, 1.82) is 0 Å². The number of nitrogens with zero attached hydrogens (tertiary/aromatic N) is 5. The number of halogens is 5. The molecule has 1 N–H and O–H groups in total. The van der Waals surface area contributed by atoms with Gasteiger partial charge in [0, 0.05) is 44.4 Å². The molecule has 4 aromatic rings. The Hall–Kier alpha value is -3.80. The lowest BCUT2D eigenvalue weighted by atomic mass is 9.88. The van der Waals surface area contributed by atoms with Crippen molar-refractivity contribution in [3.05, 3.63) is 65.4 Å². The van der Waals surface area contributed by atoms with Crippen LogP contribution in [0.5, 0.6) is 5.75 Å². The summed E-state index contributed by atoms with van der Waals surface area (Å²) in [4.78, 5) is 10.9. The summed E-state index contributed by atoms with van der Waals surface area (Å²) >= 11 is 0. The first-order valence-corrected chi connectivity index (χ1v) is 11.4. The third kappa shape index (κ3) is 4.35. The maximum absolute atomic E-state index is 14.7. The van der Waals surface area contributed by atoms with Crippen LogP contribution >= 0.6 is 0 Å². The molecule has 0 bridgehead atoms. The number of benzene rings is 2. The van der Waals surface area contributed by atoms with Gasteiger partial charge < -0.3 is 14.7 Å². The first-order chi connectivity index (χ1) is 17.6. The second kappa shape index (κ2) is 9.25. The quantitative estimate of drug-likeness (QED) is 0.381. The molecule has 0 unspecified atom stereocenters. The molecule has 0 amide bonds. The Balaban J connectivity index is 1.56. The third-order valence-electron chi connectivity index (χ3n) is 6.67. The molecule has 1 saturated heterocycles. The van der Waals surface area contributed by atoms with Gasteiger partial charge in [-0.15, -0.1) is 0 Å². The van der Waals surface area contributed by atoms with Gasteiger partial charge in [0.1, 0.15) is 5.69 Å². The third-order valence-corrected chi connectivity index (χ3v) is 6.67. The van der Waals surface area contributed by atoms with E-state index in [0.29, 0.717) is 31.6 Å². The van der Waals surface area contributed by atoms with Crippen LogP contribution in [0.15, 0.2) is 42.6 Å². The highest BCUT2D eigenvalue weighted by Gasteiger charge is 2.38. The molecule has 1 aliphatic rings.